The number of rotatable bonds is 4. The first-order chi connectivity index (χ1) is 13.6. The Labute approximate surface area is 172 Å². The minimum absolute atomic E-state index is 0.148. The lowest BCUT2D eigenvalue weighted by Gasteiger charge is -2.23. The standard InChI is InChI=1S/C22H21ClN2O2S/c23-19-16-11-5-7-13-18(16)28-20(19)22(27)25-17-12-6-4-10-15(17)21(26)24-14-8-2-1-3-9-14/h4-7,10-14H,1-3,8-9H2,(H,24,26)(H,25,27). The quantitative estimate of drug-likeness (QED) is 0.563. The van der Waals surface area contributed by atoms with E-state index in [1.165, 1.54) is 17.8 Å². The van der Waals surface area contributed by atoms with Gasteiger partial charge >= 0.3 is 0 Å². The van der Waals surface area contributed by atoms with Crippen LogP contribution in [0.5, 0.6) is 0 Å². The molecule has 4 nitrogen and oxygen atoms in total. The van der Waals surface area contributed by atoms with E-state index in [1.54, 1.807) is 24.3 Å². The zero-order valence-electron chi connectivity index (χ0n) is 15.3. The molecule has 4 rings (SSSR count). The van der Waals surface area contributed by atoms with E-state index in [0.717, 1.165) is 35.8 Å². The third-order valence-electron chi connectivity index (χ3n) is 5.10. The largest absolute Gasteiger partial charge is 0.349 e. The topological polar surface area (TPSA) is 58.2 Å². The van der Waals surface area contributed by atoms with Crippen LogP contribution in [0.3, 0.4) is 0 Å². The number of anilines is 1. The van der Waals surface area contributed by atoms with Gasteiger partial charge in [0.05, 0.1) is 16.3 Å². The van der Waals surface area contributed by atoms with Crippen molar-refractivity contribution in [2.45, 2.75) is 38.1 Å². The first kappa shape index (κ1) is 19.0. The van der Waals surface area contributed by atoms with Crippen LogP contribution in [0.25, 0.3) is 10.1 Å². The number of carbonyl (C=O) groups excluding carboxylic acids is 2. The number of benzene rings is 2. The van der Waals surface area contributed by atoms with Crippen LogP contribution >= 0.6 is 22.9 Å². The maximum absolute atomic E-state index is 12.9. The van der Waals surface area contributed by atoms with E-state index in [2.05, 4.69) is 10.6 Å². The summed E-state index contributed by atoms with van der Waals surface area (Å²) in [7, 11) is 0. The Kier molecular flexibility index (Phi) is 5.64. The molecule has 0 saturated heterocycles. The summed E-state index contributed by atoms with van der Waals surface area (Å²) in [4.78, 5) is 26.1. The summed E-state index contributed by atoms with van der Waals surface area (Å²) >= 11 is 7.77. The van der Waals surface area contributed by atoms with Crippen molar-refractivity contribution in [3.63, 3.8) is 0 Å². The van der Waals surface area contributed by atoms with Gasteiger partial charge in [0.15, 0.2) is 0 Å². The summed E-state index contributed by atoms with van der Waals surface area (Å²) in [5.74, 6) is -0.450. The number of hydrogen-bond donors (Lipinski definition) is 2. The van der Waals surface area contributed by atoms with Gasteiger partial charge in [0, 0.05) is 16.1 Å². The van der Waals surface area contributed by atoms with E-state index in [0.29, 0.717) is 21.2 Å². The summed E-state index contributed by atoms with van der Waals surface area (Å²) in [6, 6.07) is 15.0. The highest BCUT2D eigenvalue weighted by molar-refractivity contribution is 7.21. The molecule has 1 aromatic heterocycles. The van der Waals surface area contributed by atoms with Crippen molar-refractivity contribution >= 4 is 50.5 Å². The SMILES string of the molecule is O=C(NC1CCCCC1)c1ccccc1NC(=O)c1sc2ccccc2c1Cl. The predicted molar refractivity (Wildman–Crippen MR) is 116 cm³/mol. The lowest BCUT2D eigenvalue weighted by Crippen LogP contribution is -2.36. The molecule has 0 bridgehead atoms. The highest BCUT2D eigenvalue weighted by Crippen LogP contribution is 2.35. The number of halogens is 1. The molecule has 2 N–H and O–H groups in total. The van der Waals surface area contributed by atoms with Crippen LogP contribution < -0.4 is 10.6 Å². The van der Waals surface area contributed by atoms with Gasteiger partial charge < -0.3 is 10.6 Å². The van der Waals surface area contributed by atoms with Crippen LogP contribution in [0.1, 0.15) is 52.1 Å². The second kappa shape index (κ2) is 8.33. The Morgan fingerprint density at radius 1 is 0.929 bits per heavy atom. The fourth-order valence-electron chi connectivity index (χ4n) is 3.64. The van der Waals surface area contributed by atoms with E-state index in [-0.39, 0.29) is 17.9 Å². The zero-order chi connectivity index (χ0) is 19.5. The lowest BCUT2D eigenvalue weighted by atomic mass is 9.95. The first-order valence-corrected chi connectivity index (χ1v) is 10.7. The predicted octanol–water partition coefficient (Wildman–Crippen LogP) is 5.87. The summed E-state index contributed by atoms with van der Waals surface area (Å²) in [5, 5.41) is 7.29. The van der Waals surface area contributed by atoms with Crippen molar-refractivity contribution in [2.24, 2.45) is 0 Å². The fraction of sp³-hybridized carbons (Fsp3) is 0.273. The molecule has 2 amide bonds. The highest BCUT2D eigenvalue weighted by atomic mass is 35.5. The highest BCUT2D eigenvalue weighted by Gasteiger charge is 2.21. The molecule has 6 heteroatoms. The van der Waals surface area contributed by atoms with Crippen molar-refractivity contribution in [1.82, 2.24) is 5.32 Å². The van der Waals surface area contributed by atoms with Gasteiger partial charge in [0.25, 0.3) is 11.8 Å². The summed E-state index contributed by atoms with van der Waals surface area (Å²) in [6.45, 7) is 0. The number of hydrogen-bond acceptors (Lipinski definition) is 3. The van der Waals surface area contributed by atoms with Crippen LogP contribution in [0.2, 0.25) is 5.02 Å². The van der Waals surface area contributed by atoms with Gasteiger partial charge in [-0.25, -0.2) is 0 Å². The van der Waals surface area contributed by atoms with Gasteiger partial charge in [-0.2, -0.15) is 0 Å². The van der Waals surface area contributed by atoms with Crippen molar-refractivity contribution in [2.75, 3.05) is 5.32 Å². The van der Waals surface area contributed by atoms with E-state index < -0.39 is 0 Å². The number of para-hydroxylation sites is 1. The van der Waals surface area contributed by atoms with Gasteiger partial charge in [0.2, 0.25) is 0 Å². The molecule has 0 radical (unpaired) electrons. The molecular formula is C22H21ClN2O2S. The fourth-order valence-corrected chi connectivity index (χ4v) is 5.05. The van der Waals surface area contributed by atoms with E-state index in [4.69, 9.17) is 11.6 Å². The smallest absolute Gasteiger partial charge is 0.267 e. The molecule has 1 aliphatic carbocycles. The molecule has 144 valence electrons. The minimum atomic E-state index is -0.302. The molecule has 0 aliphatic heterocycles. The van der Waals surface area contributed by atoms with E-state index in [1.807, 2.05) is 24.3 Å². The van der Waals surface area contributed by atoms with Crippen molar-refractivity contribution in [1.29, 1.82) is 0 Å². The van der Waals surface area contributed by atoms with Gasteiger partial charge in [-0.05, 0) is 31.0 Å². The molecule has 1 fully saturated rings. The van der Waals surface area contributed by atoms with Crippen molar-refractivity contribution in [3.05, 3.63) is 64.0 Å². The van der Waals surface area contributed by atoms with Gasteiger partial charge in [-0.3, -0.25) is 9.59 Å². The maximum Gasteiger partial charge on any atom is 0.267 e. The third kappa shape index (κ3) is 3.91. The third-order valence-corrected chi connectivity index (χ3v) is 6.78. The Morgan fingerprint density at radius 3 is 2.43 bits per heavy atom. The molecule has 1 saturated carbocycles. The first-order valence-electron chi connectivity index (χ1n) is 9.52. The molecule has 1 aliphatic rings. The van der Waals surface area contributed by atoms with Gasteiger partial charge in [-0.15, -0.1) is 11.3 Å². The van der Waals surface area contributed by atoms with Crippen molar-refractivity contribution in [3.8, 4) is 0 Å². The molecule has 0 atom stereocenters. The average molecular weight is 413 g/mol. The molecule has 3 aromatic rings. The number of thiophene rings is 1. The van der Waals surface area contributed by atoms with Crippen LogP contribution in [-0.2, 0) is 0 Å². The molecule has 0 spiro atoms. The van der Waals surface area contributed by atoms with Gasteiger partial charge in [0.1, 0.15) is 4.88 Å². The van der Waals surface area contributed by atoms with E-state index >= 15 is 0 Å². The summed E-state index contributed by atoms with van der Waals surface area (Å²) in [5.41, 5.74) is 0.966. The van der Waals surface area contributed by atoms with Crippen molar-refractivity contribution < 1.29 is 9.59 Å². The monoisotopic (exact) mass is 412 g/mol. The molecule has 2 aromatic carbocycles. The molecule has 28 heavy (non-hydrogen) atoms. The van der Waals surface area contributed by atoms with Crippen LogP contribution in [0.15, 0.2) is 48.5 Å². The zero-order valence-corrected chi connectivity index (χ0v) is 16.9. The molecular weight excluding hydrogens is 392 g/mol. The average Bonchev–Trinajstić information content (AvgIpc) is 3.06. The van der Waals surface area contributed by atoms with Crippen LogP contribution in [-0.4, -0.2) is 17.9 Å². The normalized spacial score (nSPS) is 14.8. The Balaban J connectivity index is 1.55. The minimum Gasteiger partial charge on any atom is -0.349 e. The Bertz CT molecular complexity index is 1020. The number of amides is 2. The number of carbonyl (C=O) groups is 2. The number of nitrogens with one attached hydrogen (secondary N) is 2. The summed E-state index contributed by atoms with van der Waals surface area (Å²) in [6.07, 6.45) is 5.55. The van der Waals surface area contributed by atoms with Crippen LogP contribution in [0, 0.1) is 0 Å². The van der Waals surface area contributed by atoms with Gasteiger partial charge in [-0.1, -0.05) is 61.2 Å². The molecule has 0 unspecified atom stereocenters. The molecule has 1 heterocycles. The second-order valence-corrected chi connectivity index (χ2v) is 8.48. The van der Waals surface area contributed by atoms with E-state index in [9.17, 15) is 9.59 Å². The number of fused-ring (bicyclic) bond motifs is 1. The van der Waals surface area contributed by atoms with Crippen LogP contribution in [0.4, 0.5) is 5.69 Å². The summed E-state index contributed by atoms with van der Waals surface area (Å²) < 4.78 is 0.959. The Hall–Kier alpha value is -2.37. The maximum atomic E-state index is 12.9. The lowest BCUT2D eigenvalue weighted by molar-refractivity contribution is 0.0928. The second-order valence-electron chi connectivity index (χ2n) is 7.05. The Morgan fingerprint density at radius 2 is 1.64 bits per heavy atom.